The van der Waals surface area contributed by atoms with Crippen LogP contribution >= 0.6 is 0 Å². The van der Waals surface area contributed by atoms with Crippen molar-refractivity contribution in [3.05, 3.63) is 12.7 Å². The van der Waals surface area contributed by atoms with Crippen LogP contribution in [0.5, 0.6) is 0 Å². The number of carboxylic acids is 1. The van der Waals surface area contributed by atoms with Crippen LogP contribution in [0.4, 0.5) is 0 Å². The zero-order chi connectivity index (χ0) is 13.6. The number of esters is 1. The maximum atomic E-state index is 11.6. The summed E-state index contributed by atoms with van der Waals surface area (Å²) in [5, 5.41) is 7.28. The van der Waals surface area contributed by atoms with Gasteiger partial charge in [-0.3, -0.25) is 9.59 Å². The second-order valence-corrected chi connectivity index (χ2v) is 5.28. The SMILES string of the molecule is C=CCC(NS(=O)(=O)C(C)C(=O)OC)C(=O)O. The van der Waals surface area contributed by atoms with Crippen molar-refractivity contribution < 1.29 is 27.9 Å². The van der Waals surface area contributed by atoms with E-state index in [4.69, 9.17) is 5.11 Å². The molecule has 0 amide bonds. The molecule has 0 fully saturated rings. The van der Waals surface area contributed by atoms with Gasteiger partial charge in [0.1, 0.15) is 6.04 Å². The summed E-state index contributed by atoms with van der Waals surface area (Å²) >= 11 is 0. The Morgan fingerprint density at radius 3 is 2.41 bits per heavy atom. The maximum Gasteiger partial charge on any atom is 0.325 e. The summed E-state index contributed by atoms with van der Waals surface area (Å²) in [7, 11) is -3.04. The van der Waals surface area contributed by atoms with Gasteiger partial charge in [0, 0.05) is 0 Å². The molecular formula is C9H15NO6S. The minimum absolute atomic E-state index is 0.0809. The molecule has 0 bridgehead atoms. The lowest BCUT2D eigenvalue weighted by atomic mass is 10.2. The second kappa shape index (κ2) is 6.36. The summed E-state index contributed by atoms with van der Waals surface area (Å²) < 4.78 is 29.4. The monoisotopic (exact) mass is 265 g/mol. The van der Waals surface area contributed by atoms with E-state index in [-0.39, 0.29) is 6.42 Å². The topological polar surface area (TPSA) is 110 Å². The second-order valence-electron chi connectivity index (χ2n) is 3.24. The molecule has 0 rings (SSSR count). The normalized spacial score (nSPS) is 14.7. The van der Waals surface area contributed by atoms with Crippen LogP contribution in [0.15, 0.2) is 12.7 Å². The van der Waals surface area contributed by atoms with E-state index < -0.39 is 33.3 Å². The summed E-state index contributed by atoms with van der Waals surface area (Å²) in [6.07, 6.45) is 1.19. The number of rotatable bonds is 7. The minimum atomic E-state index is -4.09. The van der Waals surface area contributed by atoms with Crippen LogP contribution in [0, 0.1) is 0 Å². The molecule has 0 aromatic carbocycles. The summed E-state index contributed by atoms with van der Waals surface area (Å²) in [5.41, 5.74) is 0. The first-order valence-corrected chi connectivity index (χ1v) is 6.23. The molecule has 0 aliphatic carbocycles. The van der Waals surface area contributed by atoms with Crippen molar-refractivity contribution in [1.29, 1.82) is 0 Å². The van der Waals surface area contributed by atoms with Crippen molar-refractivity contribution in [3.8, 4) is 0 Å². The summed E-state index contributed by atoms with van der Waals surface area (Å²) in [5.74, 6) is -2.30. The summed E-state index contributed by atoms with van der Waals surface area (Å²) in [6.45, 7) is 4.43. The molecule has 0 aromatic rings. The van der Waals surface area contributed by atoms with Crippen LogP contribution in [0.25, 0.3) is 0 Å². The number of hydrogen-bond acceptors (Lipinski definition) is 5. The molecule has 0 aliphatic rings. The van der Waals surface area contributed by atoms with Gasteiger partial charge in [0.15, 0.2) is 5.25 Å². The van der Waals surface area contributed by atoms with E-state index in [1.165, 1.54) is 6.08 Å². The highest BCUT2D eigenvalue weighted by Crippen LogP contribution is 2.04. The summed E-state index contributed by atoms with van der Waals surface area (Å²) in [6, 6.07) is -1.34. The van der Waals surface area contributed by atoms with Crippen LogP contribution in [0.3, 0.4) is 0 Å². The fraction of sp³-hybridized carbons (Fsp3) is 0.556. The number of nitrogens with one attached hydrogen (secondary N) is 1. The highest BCUT2D eigenvalue weighted by Gasteiger charge is 2.32. The number of carbonyl (C=O) groups excluding carboxylic acids is 1. The first-order chi connectivity index (χ1) is 7.76. The van der Waals surface area contributed by atoms with Gasteiger partial charge in [0.05, 0.1) is 7.11 Å². The first-order valence-electron chi connectivity index (χ1n) is 4.69. The zero-order valence-corrected chi connectivity index (χ0v) is 10.4. The Morgan fingerprint density at radius 1 is 1.53 bits per heavy atom. The van der Waals surface area contributed by atoms with Crippen molar-refractivity contribution >= 4 is 22.0 Å². The van der Waals surface area contributed by atoms with E-state index in [1.807, 2.05) is 4.72 Å². The number of ether oxygens (including phenoxy) is 1. The third-order valence-electron chi connectivity index (χ3n) is 2.01. The van der Waals surface area contributed by atoms with Crippen molar-refractivity contribution in [1.82, 2.24) is 4.72 Å². The molecule has 0 radical (unpaired) electrons. The molecule has 0 saturated heterocycles. The lowest BCUT2D eigenvalue weighted by Crippen LogP contribution is -2.46. The third-order valence-corrected chi connectivity index (χ3v) is 3.74. The Kier molecular flexibility index (Phi) is 5.83. The van der Waals surface area contributed by atoms with Crippen molar-refractivity contribution in [3.63, 3.8) is 0 Å². The Labute approximate surface area is 99.5 Å². The minimum Gasteiger partial charge on any atom is -0.480 e. The molecule has 2 N–H and O–H groups in total. The molecule has 2 unspecified atom stereocenters. The third kappa shape index (κ3) is 4.53. The molecule has 8 heteroatoms. The average molecular weight is 265 g/mol. The molecule has 0 saturated carbocycles. The molecule has 7 nitrogen and oxygen atoms in total. The van der Waals surface area contributed by atoms with Gasteiger partial charge >= 0.3 is 11.9 Å². The van der Waals surface area contributed by atoms with Crippen LogP contribution in [-0.2, 0) is 24.3 Å². The number of carboxylic acid groups (broad SMARTS) is 1. The highest BCUT2D eigenvalue weighted by atomic mass is 32.2. The predicted molar refractivity (Wildman–Crippen MR) is 59.8 cm³/mol. The van der Waals surface area contributed by atoms with Gasteiger partial charge in [-0.15, -0.1) is 6.58 Å². The van der Waals surface area contributed by atoms with Gasteiger partial charge in [-0.05, 0) is 13.3 Å². The van der Waals surface area contributed by atoms with Crippen molar-refractivity contribution in [2.24, 2.45) is 0 Å². The van der Waals surface area contributed by atoms with Crippen LogP contribution in [-0.4, -0.2) is 43.9 Å². The van der Waals surface area contributed by atoms with Gasteiger partial charge in [0.25, 0.3) is 0 Å². The largest absolute Gasteiger partial charge is 0.480 e. The van der Waals surface area contributed by atoms with E-state index in [0.717, 1.165) is 14.0 Å². The smallest absolute Gasteiger partial charge is 0.325 e. The van der Waals surface area contributed by atoms with Gasteiger partial charge in [-0.1, -0.05) is 6.08 Å². The van der Waals surface area contributed by atoms with Gasteiger partial charge in [-0.2, -0.15) is 4.72 Å². The number of hydrogen-bond donors (Lipinski definition) is 2. The maximum absolute atomic E-state index is 11.6. The number of aliphatic carboxylic acids is 1. The van der Waals surface area contributed by atoms with E-state index in [2.05, 4.69) is 11.3 Å². The zero-order valence-electron chi connectivity index (χ0n) is 9.54. The number of methoxy groups -OCH3 is 1. The quantitative estimate of drug-likeness (QED) is 0.474. The van der Waals surface area contributed by atoms with Gasteiger partial charge < -0.3 is 9.84 Å². The number of sulfonamides is 1. The predicted octanol–water partition coefficient (Wildman–Crippen LogP) is -0.503. The van der Waals surface area contributed by atoms with E-state index >= 15 is 0 Å². The molecule has 0 spiro atoms. The Bertz CT molecular complexity index is 402. The lowest BCUT2D eigenvalue weighted by Gasteiger charge is -2.16. The van der Waals surface area contributed by atoms with E-state index in [1.54, 1.807) is 0 Å². The van der Waals surface area contributed by atoms with Crippen molar-refractivity contribution in [2.75, 3.05) is 7.11 Å². The highest BCUT2D eigenvalue weighted by molar-refractivity contribution is 7.90. The Hall–Kier alpha value is -1.41. The standard InChI is InChI=1S/C9H15NO6S/c1-4-5-7(8(11)12)10-17(14,15)6(2)9(13)16-3/h4,6-7,10H,1,5H2,2-3H3,(H,11,12). The molecule has 0 heterocycles. The van der Waals surface area contributed by atoms with Crippen LogP contribution in [0.1, 0.15) is 13.3 Å². The Balaban J connectivity index is 4.89. The van der Waals surface area contributed by atoms with Gasteiger partial charge in [-0.25, -0.2) is 8.42 Å². The van der Waals surface area contributed by atoms with Gasteiger partial charge in [0.2, 0.25) is 10.0 Å². The Morgan fingerprint density at radius 2 is 2.06 bits per heavy atom. The molecule has 98 valence electrons. The van der Waals surface area contributed by atoms with Crippen LogP contribution in [0.2, 0.25) is 0 Å². The summed E-state index contributed by atoms with van der Waals surface area (Å²) in [4.78, 5) is 21.8. The van der Waals surface area contributed by atoms with E-state index in [9.17, 15) is 18.0 Å². The fourth-order valence-electron chi connectivity index (χ4n) is 0.959. The van der Waals surface area contributed by atoms with Crippen molar-refractivity contribution in [2.45, 2.75) is 24.6 Å². The number of carbonyl (C=O) groups is 2. The molecule has 2 atom stereocenters. The van der Waals surface area contributed by atoms with Crippen LogP contribution < -0.4 is 4.72 Å². The van der Waals surface area contributed by atoms with E-state index in [0.29, 0.717) is 0 Å². The first kappa shape index (κ1) is 15.6. The molecule has 0 aromatic heterocycles. The molecule has 17 heavy (non-hydrogen) atoms. The molecule has 0 aliphatic heterocycles. The average Bonchev–Trinajstić information content (AvgIpc) is 2.26. The lowest BCUT2D eigenvalue weighted by molar-refractivity contribution is -0.140. The molecular weight excluding hydrogens is 250 g/mol. The fourth-order valence-corrected chi connectivity index (χ4v) is 2.11.